The molecule has 0 bridgehead atoms. The summed E-state index contributed by atoms with van der Waals surface area (Å²) in [7, 11) is -2.96. The van der Waals surface area contributed by atoms with Crippen molar-refractivity contribution in [1.29, 1.82) is 0 Å². The zero-order valence-electron chi connectivity index (χ0n) is 12.2. The van der Waals surface area contributed by atoms with Gasteiger partial charge in [-0.25, -0.2) is 0 Å². The lowest BCUT2D eigenvalue weighted by Gasteiger charge is -2.35. The van der Waals surface area contributed by atoms with Gasteiger partial charge >= 0.3 is 0 Å². The third-order valence-electron chi connectivity index (χ3n) is 2.58. The molecule has 0 radical (unpaired) electrons. The molecule has 0 fully saturated rings. The molecule has 100 valence electrons. The predicted octanol–water partition coefficient (Wildman–Crippen LogP) is 4.17. The number of allylic oxidation sites excluding steroid dienone is 1. The molecule has 0 aromatic carbocycles. The Balaban J connectivity index is 2.69. The minimum Gasteiger partial charge on any atom is -0.412 e. The minimum atomic E-state index is -1.48. The molecule has 0 aliphatic heterocycles. The summed E-state index contributed by atoms with van der Waals surface area (Å²) in [6.45, 7) is 13.6. The predicted molar refractivity (Wildman–Crippen MR) is 79.4 cm³/mol. The smallest absolute Gasteiger partial charge is 0.184 e. The summed E-state index contributed by atoms with van der Waals surface area (Å²) in [6.07, 6.45) is 8.35. The van der Waals surface area contributed by atoms with Gasteiger partial charge in [-0.15, -0.1) is 0 Å². The highest BCUT2D eigenvalue weighted by atomic mass is 28.4. The van der Waals surface area contributed by atoms with Crippen LogP contribution in [0.4, 0.5) is 0 Å². The molecule has 2 unspecified atom stereocenters. The van der Waals surface area contributed by atoms with E-state index in [4.69, 9.17) is 8.85 Å². The van der Waals surface area contributed by atoms with Crippen molar-refractivity contribution in [2.45, 2.75) is 70.8 Å². The topological polar surface area (TPSA) is 18.5 Å². The average molecular weight is 273 g/mol. The molecule has 17 heavy (non-hydrogen) atoms. The van der Waals surface area contributed by atoms with E-state index in [1.165, 1.54) is 0 Å². The summed E-state index contributed by atoms with van der Waals surface area (Å²) >= 11 is 0. The second-order valence-corrected chi connectivity index (χ2v) is 15.7. The van der Waals surface area contributed by atoms with Gasteiger partial charge in [0.15, 0.2) is 16.6 Å². The van der Waals surface area contributed by atoms with E-state index in [1.54, 1.807) is 0 Å². The third-order valence-corrected chi connectivity index (χ3v) is 4.60. The largest absolute Gasteiger partial charge is 0.412 e. The maximum Gasteiger partial charge on any atom is 0.184 e. The molecule has 0 saturated heterocycles. The Bertz CT molecular complexity index is 264. The van der Waals surface area contributed by atoms with Crippen molar-refractivity contribution in [1.82, 2.24) is 0 Å². The van der Waals surface area contributed by atoms with Crippen LogP contribution in [0.3, 0.4) is 0 Å². The Morgan fingerprint density at radius 3 is 1.88 bits per heavy atom. The van der Waals surface area contributed by atoms with E-state index in [-0.39, 0.29) is 6.10 Å². The van der Waals surface area contributed by atoms with Crippen LogP contribution in [-0.4, -0.2) is 28.8 Å². The second-order valence-electron chi connectivity index (χ2n) is 6.82. The summed E-state index contributed by atoms with van der Waals surface area (Å²) in [6, 6.07) is 0. The van der Waals surface area contributed by atoms with Crippen LogP contribution in [0.5, 0.6) is 0 Å². The SMILES string of the molecule is C[Si](C)(C)OC1CC=CCCC1O[Si](C)(C)C. The van der Waals surface area contributed by atoms with Crippen molar-refractivity contribution in [3.8, 4) is 0 Å². The maximum atomic E-state index is 6.31. The van der Waals surface area contributed by atoms with Crippen LogP contribution in [0.25, 0.3) is 0 Å². The molecule has 1 aliphatic rings. The Kier molecular flexibility index (Phi) is 5.19. The molecule has 0 N–H and O–H groups in total. The summed E-state index contributed by atoms with van der Waals surface area (Å²) < 4.78 is 12.6. The van der Waals surface area contributed by atoms with Gasteiger partial charge in [0.1, 0.15) is 0 Å². The van der Waals surface area contributed by atoms with Gasteiger partial charge < -0.3 is 8.85 Å². The molecule has 0 amide bonds. The quantitative estimate of drug-likeness (QED) is 0.565. The first kappa shape index (κ1) is 15.2. The first-order valence-corrected chi connectivity index (χ1v) is 13.5. The standard InChI is InChI=1S/C13H28O2Si2/c1-16(2,3)14-12-10-8-7-9-11-13(12)15-17(4,5)6/h7-8,12-13H,9-11H2,1-6H3. The highest BCUT2D eigenvalue weighted by Crippen LogP contribution is 2.25. The van der Waals surface area contributed by atoms with Crippen LogP contribution >= 0.6 is 0 Å². The van der Waals surface area contributed by atoms with E-state index < -0.39 is 16.6 Å². The van der Waals surface area contributed by atoms with E-state index >= 15 is 0 Å². The third kappa shape index (κ3) is 6.55. The molecule has 0 aromatic rings. The van der Waals surface area contributed by atoms with Gasteiger partial charge in [0.2, 0.25) is 0 Å². The van der Waals surface area contributed by atoms with Crippen LogP contribution in [-0.2, 0) is 8.85 Å². The van der Waals surface area contributed by atoms with Crippen molar-refractivity contribution in [3.05, 3.63) is 12.2 Å². The van der Waals surface area contributed by atoms with Crippen LogP contribution in [0.2, 0.25) is 39.3 Å². The van der Waals surface area contributed by atoms with E-state index in [0.29, 0.717) is 6.10 Å². The summed E-state index contributed by atoms with van der Waals surface area (Å²) in [5.41, 5.74) is 0. The highest BCUT2D eigenvalue weighted by molar-refractivity contribution is 6.70. The lowest BCUT2D eigenvalue weighted by molar-refractivity contribution is 0.0432. The molecule has 2 nitrogen and oxygen atoms in total. The zero-order chi connectivity index (χ0) is 13.1. The lowest BCUT2D eigenvalue weighted by atomic mass is 10.1. The number of hydrogen-bond donors (Lipinski definition) is 0. The van der Waals surface area contributed by atoms with Gasteiger partial charge in [-0.1, -0.05) is 12.2 Å². The van der Waals surface area contributed by atoms with Gasteiger partial charge in [0.05, 0.1) is 12.2 Å². The second kappa shape index (κ2) is 5.82. The monoisotopic (exact) mass is 272 g/mol. The Morgan fingerprint density at radius 1 is 0.824 bits per heavy atom. The van der Waals surface area contributed by atoms with Crippen LogP contribution in [0, 0.1) is 0 Å². The van der Waals surface area contributed by atoms with Gasteiger partial charge in [-0.2, -0.15) is 0 Å². The van der Waals surface area contributed by atoms with Crippen molar-refractivity contribution < 1.29 is 8.85 Å². The molecule has 2 atom stereocenters. The van der Waals surface area contributed by atoms with Gasteiger partial charge in [-0.3, -0.25) is 0 Å². The van der Waals surface area contributed by atoms with Crippen LogP contribution < -0.4 is 0 Å². The molecule has 0 heterocycles. The number of rotatable bonds is 4. The first-order chi connectivity index (χ1) is 7.67. The molecular formula is C13H28O2Si2. The Labute approximate surface area is 109 Å². The van der Waals surface area contributed by atoms with E-state index in [0.717, 1.165) is 19.3 Å². The summed E-state index contributed by atoms with van der Waals surface area (Å²) in [4.78, 5) is 0. The van der Waals surface area contributed by atoms with Gasteiger partial charge in [-0.05, 0) is 58.5 Å². The molecule has 4 heteroatoms. The fourth-order valence-corrected chi connectivity index (χ4v) is 4.45. The van der Waals surface area contributed by atoms with Crippen LogP contribution in [0.15, 0.2) is 12.2 Å². The first-order valence-electron chi connectivity index (χ1n) is 6.68. The Morgan fingerprint density at radius 2 is 1.35 bits per heavy atom. The molecular weight excluding hydrogens is 244 g/mol. The zero-order valence-corrected chi connectivity index (χ0v) is 14.2. The highest BCUT2D eigenvalue weighted by Gasteiger charge is 2.31. The van der Waals surface area contributed by atoms with Crippen molar-refractivity contribution >= 4 is 16.6 Å². The summed E-state index contributed by atoms with van der Waals surface area (Å²) in [5, 5.41) is 0. The molecule has 0 saturated carbocycles. The maximum absolute atomic E-state index is 6.31. The van der Waals surface area contributed by atoms with Crippen molar-refractivity contribution in [2.75, 3.05) is 0 Å². The fourth-order valence-electron chi connectivity index (χ4n) is 2.11. The fraction of sp³-hybridized carbons (Fsp3) is 0.846. The van der Waals surface area contributed by atoms with Gasteiger partial charge in [0, 0.05) is 0 Å². The summed E-state index contributed by atoms with van der Waals surface area (Å²) in [5.74, 6) is 0. The van der Waals surface area contributed by atoms with Gasteiger partial charge in [0.25, 0.3) is 0 Å². The lowest BCUT2D eigenvalue weighted by Crippen LogP contribution is -2.44. The molecule has 1 rings (SSSR count). The van der Waals surface area contributed by atoms with E-state index in [1.807, 2.05) is 0 Å². The number of hydrogen-bond acceptors (Lipinski definition) is 2. The molecule has 0 aromatic heterocycles. The molecule has 0 spiro atoms. The normalized spacial score (nSPS) is 26.9. The van der Waals surface area contributed by atoms with E-state index in [9.17, 15) is 0 Å². The van der Waals surface area contributed by atoms with Crippen molar-refractivity contribution in [3.63, 3.8) is 0 Å². The average Bonchev–Trinajstić information content (AvgIpc) is 2.27. The Hall–Kier alpha value is 0.0938. The molecule has 1 aliphatic carbocycles. The van der Waals surface area contributed by atoms with Crippen LogP contribution in [0.1, 0.15) is 19.3 Å². The van der Waals surface area contributed by atoms with E-state index in [2.05, 4.69) is 51.4 Å². The minimum absolute atomic E-state index is 0.271. The van der Waals surface area contributed by atoms with Crippen molar-refractivity contribution in [2.24, 2.45) is 0 Å².